The number of aromatic nitrogens is 2. The molecule has 7 nitrogen and oxygen atoms in total. The average Bonchev–Trinajstić information content (AvgIpc) is 2.62. The number of hydrogen-bond donors (Lipinski definition) is 1. The van der Waals surface area contributed by atoms with Gasteiger partial charge in [-0.1, -0.05) is 11.6 Å². The molecule has 0 radical (unpaired) electrons. The number of rotatable bonds is 4. The van der Waals surface area contributed by atoms with Crippen LogP contribution in [0.2, 0.25) is 5.02 Å². The van der Waals surface area contributed by atoms with Gasteiger partial charge in [-0.05, 0) is 37.5 Å². The number of nitrogen functional groups attached to an aromatic ring is 1. The molecular weight excluding hydrogens is 364 g/mol. The van der Waals surface area contributed by atoms with Crippen LogP contribution in [-0.2, 0) is 9.84 Å². The fourth-order valence-electron chi connectivity index (χ4n) is 2.77. The van der Waals surface area contributed by atoms with Crippen molar-refractivity contribution in [2.24, 2.45) is 0 Å². The van der Waals surface area contributed by atoms with Gasteiger partial charge in [-0.15, -0.1) is 0 Å². The zero-order chi connectivity index (χ0) is 18.0. The van der Waals surface area contributed by atoms with Gasteiger partial charge in [0.15, 0.2) is 0 Å². The summed E-state index contributed by atoms with van der Waals surface area (Å²) in [6, 6.07) is 4.24. The Labute approximate surface area is 151 Å². The van der Waals surface area contributed by atoms with E-state index >= 15 is 0 Å². The first-order chi connectivity index (χ1) is 11.9. The number of nitrogens with zero attached hydrogens (tertiary/aromatic N) is 3. The molecule has 1 aliphatic rings. The molecule has 0 aliphatic carbocycles. The number of nitrogens with two attached hydrogens (primary N) is 1. The Morgan fingerprint density at radius 3 is 2.56 bits per heavy atom. The van der Waals surface area contributed by atoms with Crippen molar-refractivity contribution in [2.45, 2.75) is 29.1 Å². The number of hydrogen-bond acceptors (Lipinski definition) is 7. The number of ether oxygens (including phenoxy) is 1. The van der Waals surface area contributed by atoms with Gasteiger partial charge in [0.2, 0.25) is 15.8 Å². The second-order valence-corrected chi connectivity index (χ2v) is 8.09. The summed E-state index contributed by atoms with van der Waals surface area (Å²) in [5.74, 6) is 0.789. The van der Waals surface area contributed by atoms with Crippen molar-refractivity contribution in [1.82, 2.24) is 9.97 Å². The maximum Gasteiger partial charge on any atom is 0.227 e. The van der Waals surface area contributed by atoms with Gasteiger partial charge in [0, 0.05) is 13.1 Å². The summed E-state index contributed by atoms with van der Waals surface area (Å²) in [5.41, 5.74) is 5.93. The number of benzene rings is 1. The molecule has 3 rings (SSSR count). The average molecular weight is 383 g/mol. The Balaban J connectivity index is 1.96. The molecule has 0 atom stereocenters. The molecule has 134 valence electrons. The molecule has 1 aromatic heterocycles. The lowest BCUT2D eigenvalue weighted by atomic mass is 10.1. The zero-order valence-electron chi connectivity index (χ0n) is 13.8. The molecule has 0 bridgehead atoms. The minimum absolute atomic E-state index is 0.0133. The van der Waals surface area contributed by atoms with Crippen LogP contribution in [0.4, 0.5) is 11.8 Å². The highest BCUT2D eigenvalue weighted by atomic mass is 35.5. The minimum Gasteiger partial charge on any atom is -0.495 e. The summed E-state index contributed by atoms with van der Waals surface area (Å²) in [5, 5.41) is 0.202. The van der Waals surface area contributed by atoms with Gasteiger partial charge in [0.1, 0.15) is 16.5 Å². The fourth-order valence-corrected chi connectivity index (χ4v) is 4.38. The van der Waals surface area contributed by atoms with E-state index in [2.05, 4.69) is 9.97 Å². The first-order valence-corrected chi connectivity index (χ1v) is 9.75. The maximum absolute atomic E-state index is 12.8. The van der Waals surface area contributed by atoms with Crippen molar-refractivity contribution in [3.63, 3.8) is 0 Å². The molecule has 9 heteroatoms. The predicted octanol–water partition coefficient (Wildman–Crippen LogP) is 2.54. The van der Waals surface area contributed by atoms with E-state index in [1.807, 2.05) is 4.90 Å². The summed E-state index contributed by atoms with van der Waals surface area (Å²) in [6.07, 6.45) is 4.57. The fraction of sp³-hybridized carbons (Fsp3) is 0.375. The summed E-state index contributed by atoms with van der Waals surface area (Å²) in [4.78, 5) is 10.3. The van der Waals surface area contributed by atoms with Crippen molar-refractivity contribution in [3.05, 3.63) is 29.4 Å². The van der Waals surface area contributed by atoms with Crippen LogP contribution in [-0.4, -0.2) is 38.6 Å². The number of anilines is 2. The van der Waals surface area contributed by atoms with Gasteiger partial charge in [-0.25, -0.2) is 13.4 Å². The summed E-state index contributed by atoms with van der Waals surface area (Å²) >= 11 is 6.03. The molecule has 1 aromatic carbocycles. The van der Waals surface area contributed by atoms with Gasteiger partial charge < -0.3 is 15.4 Å². The van der Waals surface area contributed by atoms with E-state index in [1.165, 1.54) is 37.9 Å². The van der Waals surface area contributed by atoms with E-state index in [0.29, 0.717) is 11.7 Å². The summed E-state index contributed by atoms with van der Waals surface area (Å²) in [7, 11) is -2.41. The highest BCUT2D eigenvalue weighted by molar-refractivity contribution is 7.91. The molecule has 0 amide bonds. The molecule has 0 unspecified atom stereocenters. The lowest BCUT2D eigenvalue weighted by Crippen LogP contribution is -2.31. The monoisotopic (exact) mass is 382 g/mol. The van der Waals surface area contributed by atoms with Crippen LogP contribution in [0.25, 0.3) is 0 Å². The van der Waals surface area contributed by atoms with Crippen molar-refractivity contribution >= 4 is 33.2 Å². The molecule has 2 aromatic rings. The van der Waals surface area contributed by atoms with E-state index < -0.39 is 9.84 Å². The second kappa shape index (κ2) is 7.05. The van der Waals surface area contributed by atoms with Gasteiger partial charge in [-0.2, -0.15) is 4.98 Å². The van der Waals surface area contributed by atoms with Gasteiger partial charge in [0.05, 0.1) is 23.2 Å². The van der Waals surface area contributed by atoms with Gasteiger partial charge in [-0.3, -0.25) is 0 Å². The van der Waals surface area contributed by atoms with Crippen LogP contribution in [0, 0.1) is 0 Å². The molecule has 1 aliphatic heterocycles. The highest BCUT2D eigenvalue weighted by Gasteiger charge is 2.24. The maximum atomic E-state index is 12.8. The van der Waals surface area contributed by atoms with E-state index in [-0.39, 0.29) is 20.6 Å². The molecule has 2 heterocycles. The third kappa shape index (κ3) is 3.50. The number of sulfone groups is 1. The van der Waals surface area contributed by atoms with Crippen LogP contribution in [0.1, 0.15) is 19.3 Å². The van der Waals surface area contributed by atoms with Crippen molar-refractivity contribution in [2.75, 3.05) is 30.8 Å². The van der Waals surface area contributed by atoms with E-state index in [9.17, 15) is 8.42 Å². The van der Waals surface area contributed by atoms with Crippen LogP contribution in [0.5, 0.6) is 5.75 Å². The largest absolute Gasteiger partial charge is 0.495 e. The molecule has 1 fully saturated rings. The Kier molecular flexibility index (Phi) is 5.01. The Hall–Kier alpha value is -2.06. The van der Waals surface area contributed by atoms with Crippen LogP contribution >= 0.6 is 11.6 Å². The number of piperidine rings is 1. The Bertz CT molecular complexity index is 883. The number of methoxy groups -OCH3 is 1. The molecule has 0 saturated carbocycles. The first-order valence-electron chi connectivity index (χ1n) is 7.89. The first kappa shape index (κ1) is 17.8. The number of halogens is 1. The Morgan fingerprint density at radius 2 is 1.96 bits per heavy atom. The van der Waals surface area contributed by atoms with Crippen LogP contribution in [0.15, 0.2) is 34.2 Å². The van der Waals surface area contributed by atoms with Gasteiger partial charge >= 0.3 is 0 Å². The van der Waals surface area contributed by atoms with Crippen molar-refractivity contribution in [1.29, 1.82) is 0 Å². The lowest BCUT2D eigenvalue weighted by Gasteiger charge is -2.26. The SMILES string of the molecule is COc1ccc(S(=O)(=O)c2cnc(N3CCCCC3)nc2N)cc1Cl. The normalized spacial score (nSPS) is 15.2. The molecule has 1 saturated heterocycles. The second-order valence-electron chi connectivity index (χ2n) is 5.77. The van der Waals surface area contributed by atoms with E-state index in [0.717, 1.165) is 25.9 Å². The Morgan fingerprint density at radius 1 is 1.24 bits per heavy atom. The van der Waals surface area contributed by atoms with Gasteiger partial charge in [0.25, 0.3) is 0 Å². The molecule has 0 spiro atoms. The van der Waals surface area contributed by atoms with Crippen molar-refractivity contribution < 1.29 is 13.2 Å². The molecular formula is C16H19ClN4O3S. The smallest absolute Gasteiger partial charge is 0.227 e. The summed E-state index contributed by atoms with van der Waals surface area (Å²) in [6.45, 7) is 1.69. The standard InChI is InChI=1S/C16H19ClN4O3S/c1-24-13-6-5-11(9-12(13)17)25(22,23)14-10-19-16(20-15(14)18)21-7-3-2-4-8-21/h5-6,9-10H,2-4,7-8H2,1H3,(H2,18,19,20). The quantitative estimate of drug-likeness (QED) is 0.867. The van der Waals surface area contributed by atoms with Crippen LogP contribution < -0.4 is 15.4 Å². The van der Waals surface area contributed by atoms with Crippen LogP contribution in [0.3, 0.4) is 0 Å². The predicted molar refractivity (Wildman–Crippen MR) is 96.0 cm³/mol. The minimum atomic E-state index is -3.87. The van der Waals surface area contributed by atoms with E-state index in [4.69, 9.17) is 22.1 Å². The topological polar surface area (TPSA) is 98.4 Å². The summed E-state index contributed by atoms with van der Waals surface area (Å²) < 4.78 is 30.7. The molecule has 2 N–H and O–H groups in total. The third-order valence-corrected chi connectivity index (χ3v) is 6.20. The van der Waals surface area contributed by atoms with Crippen molar-refractivity contribution in [3.8, 4) is 5.75 Å². The van der Waals surface area contributed by atoms with E-state index in [1.54, 1.807) is 0 Å². The highest BCUT2D eigenvalue weighted by Crippen LogP contribution is 2.31. The molecule has 25 heavy (non-hydrogen) atoms. The third-order valence-electron chi connectivity index (χ3n) is 4.13. The zero-order valence-corrected chi connectivity index (χ0v) is 15.3. The lowest BCUT2D eigenvalue weighted by molar-refractivity contribution is 0.414.